The summed E-state index contributed by atoms with van der Waals surface area (Å²) >= 11 is 0. The van der Waals surface area contributed by atoms with Gasteiger partial charge >= 0.3 is 26.5 Å². The van der Waals surface area contributed by atoms with Crippen LogP contribution in [0.3, 0.4) is 0 Å². The molecule has 0 atom stereocenters. The predicted octanol–water partition coefficient (Wildman–Crippen LogP) is 9.96. The van der Waals surface area contributed by atoms with Crippen LogP contribution in [0.1, 0.15) is 129 Å². The standard InChI is InChI=1S/C30H38N4O5S.C25H30N4O3S/c1-30(2,3)39-29(36)34-18-17-33-25-19-21(28(35)31-40(37,38)32(4)5)15-16-22(25)26(20-11-7-6-8-12-20)27(33)23-13-9-10-14-24(23)34;1-28(2)33(31,32)27-25(30)18-12-13-20-22(16-18)29-15-14-26-21-11-7-6-10-19(21)24(29)23(20)17-8-4-3-5-9-17/h9-10,13-16,19-20H,6-8,11-12,17-18H2,1-5H3,(H,31,35);6-7,10-13,16-17,26H,3-5,8-9,14-15H2,1-2H3,(H,27,30). The maximum atomic E-state index is 13.4. The van der Waals surface area contributed by atoms with E-state index in [4.69, 9.17) is 4.74 Å². The molecule has 6 aromatic rings. The second-order valence-corrected chi connectivity index (χ2v) is 24.8. The number of carbonyl (C=O) groups is 3. The number of ether oxygens (including phenoxy) is 1. The highest BCUT2D eigenvalue weighted by atomic mass is 32.2. The number of carbonyl (C=O) groups excluding carboxylic acids is 3. The van der Waals surface area contributed by atoms with E-state index >= 15 is 0 Å². The van der Waals surface area contributed by atoms with Crippen molar-refractivity contribution in [2.24, 2.45) is 0 Å². The number of nitrogens with one attached hydrogen (secondary N) is 3. The molecule has 73 heavy (non-hydrogen) atoms. The van der Waals surface area contributed by atoms with E-state index in [0.29, 0.717) is 30.5 Å². The molecule has 2 fully saturated rings. The summed E-state index contributed by atoms with van der Waals surface area (Å²) in [5, 5.41) is 5.78. The quantitative estimate of drug-likeness (QED) is 0.134. The number of rotatable bonds is 8. The van der Waals surface area contributed by atoms with Crippen LogP contribution in [0.4, 0.5) is 16.2 Å². The third-order valence-corrected chi connectivity index (χ3v) is 17.4. The van der Waals surface area contributed by atoms with E-state index in [-0.39, 0.29) is 5.56 Å². The number of amides is 3. The molecular weight excluding hydrogens is 965 g/mol. The number of para-hydroxylation sites is 2. The Hall–Kier alpha value is -6.21. The number of fused-ring (bicyclic) bond motifs is 10. The Balaban J connectivity index is 0.000000183. The summed E-state index contributed by atoms with van der Waals surface area (Å²) in [6.45, 7) is 8.01. The SMILES string of the molecule is CN(C)S(=O)(=O)NC(=O)c1ccc2c(C3CCCCC3)c3n(c2c1)CCN(C(=O)OC(C)(C)C)c1ccccc1-3.CN(C)S(=O)(=O)NC(=O)c1ccc2c(C3CCCCC3)c3n(c2c1)CCNc1ccccc1-3. The summed E-state index contributed by atoms with van der Waals surface area (Å²) in [5.74, 6) is -0.470. The largest absolute Gasteiger partial charge is 0.443 e. The maximum Gasteiger partial charge on any atom is 0.414 e. The Morgan fingerprint density at radius 2 is 1.07 bits per heavy atom. The molecule has 388 valence electrons. The van der Waals surface area contributed by atoms with E-state index in [1.165, 1.54) is 94.5 Å². The van der Waals surface area contributed by atoms with Gasteiger partial charge in [0.1, 0.15) is 5.60 Å². The first-order chi connectivity index (χ1) is 34.7. The molecule has 0 radical (unpaired) electrons. The Bertz CT molecular complexity index is 3320. The van der Waals surface area contributed by atoms with Gasteiger partial charge in [-0.2, -0.15) is 25.4 Å². The molecule has 3 N–H and O–H groups in total. The van der Waals surface area contributed by atoms with E-state index < -0.39 is 43.9 Å². The number of aromatic nitrogens is 2. The summed E-state index contributed by atoms with van der Waals surface area (Å²) in [4.78, 5) is 40.9. The minimum absolute atomic E-state index is 0.259. The Morgan fingerprint density at radius 1 is 0.603 bits per heavy atom. The van der Waals surface area contributed by atoms with Crippen molar-refractivity contribution in [1.29, 1.82) is 0 Å². The van der Waals surface area contributed by atoms with E-state index in [9.17, 15) is 31.2 Å². The molecule has 0 bridgehead atoms. The Kier molecular flexibility index (Phi) is 14.6. The molecule has 0 saturated heterocycles. The molecule has 18 heteroatoms. The number of hydrogen-bond donors (Lipinski definition) is 3. The summed E-state index contributed by atoms with van der Waals surface area (Å²) in [5.41, 5.74) is 10.8. The highest BCUT2D eigenvalue weighted by molar-refractivity contribution is 7.88. The zero-order valence-corrected chi connectivity index (χ0v) is 44.6. The molecule has 2 aliphatic heterocycles. The van der Waals surface area contributed by atoms with Crippen LogP contribution in [0.15, 0.2) is 84.9 Å². The van der Waals surface area contributed by atoms with Gasteiger partial charge in [0.25, 0.3) is 11.8 Å². The van der Waals surface area contributed by atoms with Crippen LogP contribution in [0.2, 0.25) is 0 Å². The first-order valence-electron chi connectivity index (χ1n) is 25.5. The Morgan fingerprint density at radius 3 is 1.58 bits per heavy atom. The van der Waals surface area contributed by atoms with E-state index in [0.717, 1.165) is 86.4 Å². The van der Waals surface area contributed by atoms with Crippen LogP contribution in [-0.2, 0) is 38.2 Å². The average Bonchev–Trinajstić information content (AvgIpc) is 3.69. The first kappa shape index (κ1) is 51.7. The van der Waals surface area contributed by atoms with Gasteiger partial charge in [-0.1, -0.05) is 87.1 Å². The molecule has 0 spiro atoms. The van der Waals surface area contributed by atoms with Crippen LogP contribution in [0, 0.1) is 0 Å². The summed E-state index contributed by atoms with van der Waals surface area (Å²) in [7, 11) is -2.26. The van der Waals surface area contributed by atoms with Crippen molar-refractivity contribution in [3.05, 3.63) is 107 Å². The second kappa shape index (κ2) is 20.6. The van der Waals surface area contributed by atoms with Gasteiger partial charge in [-0.25, -0.2) is 14.2 Å². The molecule has 16 nitrogen and oxygen atoms in total. The van der Waals surface area contributed by atoms with Gasteiger partial charge in [-0.05, 0) is 106 Å². The lowest BCUT2D eigenvalue weighted by Gasteiger charge is -2.28. The topological polar surface area (TPSA) is 184 Å². The Labute approximate surface area is 429 Å². The number of benzene rings is 4. The van der Waals surface area contributed by atoms with Crippen LogP contribution in [0.5, 0.6) is 0 Å². The summed E-state index contributed by atoms with van der Waals surface area (Å²) < 4.78 is 65.6. The molecule has 2 saturated carbocycles. The highest BCUT2D eigenvalue weighted by Crippen LogP contribution is 2.49. The van der Waals surface area contributed by atoms with E-state index in [1.807, 2.05) is 63.2 Å². The fraction of sp³-hybridized carbons (Fsp3) is 0.436. The van der Waals surface area contributed by atoms with Gasteiger partial charge in [0.2, 0.25) is 0 Å². The average molecular weight is 1030 g/mol. The van der Waals surface area contributed by atoms with Gasteiger partial charge in [-0.15, -0.1) is 0 Å². The van der Waals surface area contributed by atoms with Crippen molar-refractivity contribution in [1.82, 2.24) is 27.2 Å². The lowest BCUT2D eigenvalue weighted by molar-refractivity contribution is 0.0579. The monoisotopic (exact) mass is 1030 g/mol. The number of anilines is 2. The minimum Gasteiger partial charge on any atom is -0.443 e. The van der Waals surface area contributed by atoms with Gasteiger partial charge in [-0.3, -0.25) is 14.5 Å². The fourth-order valence-corrected chi connectivity index (χ4v) is 12.2. The van der Waals surface area contributed by atoms with Crippen molar-refractivity contribution >= 4 is 71.5 Å². The zero-order chi connectivity index (χ0) is 52.0. The van der Waals surface area contributed by atoms with Gasteiger partial charge in [0, 0.05) is 104 Å². The fourth-order valence-electron chi connectivity index (χ4n) is 11.1. The molecule has 2 aromatic heterocycles. The minimum atomic E-state index is -3.94. The normalized spacial score (nSPS) is 16.5. The molecule has 4 heterocycles. The van der Waals surface area contributed by atoms with Crippen molar-refractivity contribution < 1.29 is 36.0 Å². The third-order valence-electron chi connectivity index (χ3n) is 14.6. The lowest BCUT2D eigenvalue weighted by Crippen LogP contribution is -2.39. The van der Waals surface area contributed by atoms with Crippen molar-refractivity contribution in [3.8, 4) is 22.5 Å². The van der Waals surface area contributed by atoms with Gasteiger partial charge < -0.3 is 19.2 Å². The van der Waals surface area contributed by atoms with E-state index in [1.54, 1.807) is 23.1 Å². The molecule has 4 aliphatic rings. The van der Waals surface area contributed by atoms with Crippen LogP contribution >= 0.6 is 0 Å². The zero-order valence-electron chi connectivity index (χ0n) is 43.0. The van der Waals surface area contributed by atoms with Gasteiger partial charge in [0.15, 0.2) is 0 Å². The van der Waals surface area contributed by atoms with Crippen molar-refractivity contribution in [3.63, 3.8) is 0 Å². The molecule has 2 aliphatic carbocycles. The number of hydrogen-bond acceptors (Lipinski definition) is 9. The summed E-state index contributed by atoms with van der Waals surface area (Å²) in [6, 6.07) is 27.4. The van der Waals surface area contributed by atoms with Crippen molar-refractivity contribution in [2.75, 3.05) is 51.5 Å². The number of nitrogens with zero attached hydrogens (tertiary/aromatic N) is 5. The smallest absolute Gasteiger partial charge is 0.414 e. The van der Waals surface area contributed by atoms with Crippen LogP contribution in [0.25, 0.3) is 44.3 Å². The predicted molar refractivity (Wildman–Crippen MR) is 289 cm³/mol. The summed E-state index contributed by atoms with van der Waals surface area (Å²) in [6.07, 6.45) is 11.4. The molecule has 0 unspecified atom stereocenters. The third kappa shape index (κ3) is 10.5. The lowest BCUT2D eigenvalue weighted by atomic mass is 9.81. The van der Waals surface area contributed by atoms with Crippen LogP contribution < -0.4 is 19.7 Å². The molecular formula is C55H68N8O8S2. The highest BCUT2D eigenvalue weighted by Gasteiger charge is 2.35. The molecule has 3 amide bonds. The molecule has 10 rings (SSSR count). The van der Waals surface area contributed by atoms with Crippen LogP contribution in [-0.4, -0.2) is 99.4 Å². The van der Waals surface area contributed by atoms with Gasteiger partial charge in [0.05, 0.1) is 17.1 Å². The molecule has 4 aromatic carbocycles. The van der Waals surface area contributed by atoms with E-state index in [2.05, 4.69) is 48.2 Å². The first-order valence-corrected chi connectivity index (χ1v) is 28.4. The second-order valence-electron chi connectivity index (χ2n) is 21.0. The maximum absolute atomic E-state index is 13.4. The van der Waals surface area contributed by atoms with Crippen molar-refractivity contribution in [2.45, 2.75) is 116 Å².